The van der Waals surface area contributed by atoms with Gasteiger partial charge in [0.05, 0.1) is 0 Å². The molecule has 3 heteroatoms. The number of halogens is 2. The first-order valence-electron chi connectivity index (χ1n) is 6.71. The zero-order chi connectivity index (χ0) is 12.6. The minimum Gasteiger partial charge on any atom is -1.00 e. The summed E-state index contributed by atoms with van der Waals surface area (Å²) in [5, 5.41) is 2.66. The molecule has 0 radical (unpaired) electrons. The molecule has 0 amide bonds. The van der Waals surface area contributed by atoms with Gasteiger partial charge in [-0.3, -0.25) is 0 Å². The van der Waals surface area contributed by atoms with Gasteiger partial charge in [0.2, 0.25) is 0 Å². The van der Waals surface area contributed by atoms with E-state index in [0.717, 1.165) is 0 Å². The van der Waals surface area contributed by atoms with E-state index in [9.17, 15) is 0 Å². The summed E-state index contributed by atoms with van der Waals surface area (Å²) in [6, 6.07) is 23.3. The fourth-order valence-corrected chi connectivity index (χ4v) is 2.03. The fraction of sp³-hybridized carbons (Fsp3) is 0.222. The van der Waals surface area contributed by atoms with Gasteiger partial charge >= 0.3 is 26.2 Å². The predicted molar refractivity (Wildman–Crippen MR) is 80.2 cm³/mol. The van der Waals surface area contributed by atoms with E-state index >= 15 is 0 Å². The molecular weight excluding hydrogens is 378 g/mol. The van der Waals surface area contributed by atoms with Gasteiger partial charge in [-0.2, -0.15) is 41.3 Å². The number of hydrogen-bond acceptors (Lipinski definition) is 0. The number of benzene rings is 1. The van der Waals surface area contributed by atoms with Crippen LogP contribution in [0, 0.1) is 0 Å². The van der Waals surface area contributed by atoms with E-state index in [1.807, 2.05) is 0 Å². The SMILES string of the molecule is CCCCc1cc[cH-]c1.[Cl-].[Cl-].[Zr+4].c1ccc2[cH-]ccc2c1. The Morgan fingerprint density at radius 2 is 1.71 bits per heavy atom. The molecule has 0 spiro atoms. The van der Waals surface area contributed by atoms with Gasteiger partial charge in [-0.1, -0.05) is 32.3 Å². The van der Waals surface area contributed by atoms with Gasteiger partial charge in [0.25, 0.3) is 0 Å². The molecule has 0 aliphatic carbocycles. The summed E-state index contributed by atoms with van der Waals surface area (Å²) in [5.41, 5.74) is 1.48. The molecule has 0 unspecified atom stereocenters. The van der Waals surface area contributed by atoms with Gasteiger partial charge < -0.3 is 24.8 Å². The molecule has 3 aromatic carbocycles. The van der Waals surface area contributed by atoms with Crippen LogP contribution in [0.3, 0.4) is 0 Å². The van der Waals surface area contributed by atoms with Crippen molar-refractivity contribution in [2.24, 2.45) is 0 Å². The van der Waals surface area contributed by atoms with Crippen molar-refractivity contribution in [3.05, 3.63) is 72.3 Å². The molecular formula is C18H20Cl2Zr. The van der Waals surface area contributed by atoms with E-state index in [-0.39, 0.29) is 51.0 Å². The first-order valence-corrected chi connectivity index (χ1v) is 6.71. The first-order chi connectivity index (χ1) is 8.90. The second-order valence-electron chi connectivity index (χ2n) is 4.55. The Kier molecular flexibility index (Phi) is 14.5. The van der Waals surface area contributed by atoms with Crippen LogP contribution in [-0.4, -0.2) is 0 Å². The maximum absolute atomic E-state index is 2.23. The number of aryl methyl sites for hydroxylation is 1. The molecule has 0 saturated carbocycles. The van der Waals surface area contributed by atoms with Crippen LogP contribution in [0.5, 0.6) is 0 Å². The van der Waals surface area contributed by atoms with Crippen LogP contribution in [0.25, 0.3) is 10.8 Å². The van der Waals surface area contributed by atoms with Crippen molar-refractivity contribution in [1.29, 1.82) is 0 Å². The fourth-order valence-electron chi connectivity index (χ4n) is 2.03. The quantitative estimate of drug-likeness (QED) is 0.513. The van der Waals surface area contributed by atoms with E-state index in [1.54, 1.807) is 0 Å². The van der Waals surface area contributed by atoms with E-state index in [4.69, 9.17) is 0 Å². The zero-order valence-electron chi connectivity index (χ0n) is 12.2. The second kappa shape index (κ2) is 13.3. The Hall–Kier alpha value is -0.357. The van der Waals surface area contributed by atoms with Gasteiger partial charge in [0, 0.05) is 0 Å². The molecule has 21 heavy (non-hydrogen) atoms. The van der Waals surface area contributed by atoms with Crippen LogP contribution in [0.4, 0.5) is 0 Å². The molecule has 0 N–H and O–H groups in total. The molecule has 0 bridgehead atoms. The zero-order valence-corrected chi connectivity index (χ0v) is 16.2. The summed E-state index contributed by atoms with van der Waals surface area (Å²) >= 11 is 0. The number of hydrogen-bond donors (Lipinski definition) is 0. The number of rotatable bonds is 3. The molecule has 0 atom stereocenters. The van der Waals surface area contributed by atoms with Gasteiger partial charge in [0.15, 0.2) is 0 Å². The van der Waals surface area contributed by atoms with Crippen LogP contribution in [-0.2, 0) is 32.6 Å². The van der Waals surface area contributed by atoms with Gasteiger partial charge in [-0.25, -0.2) is 6.07 Å². The normalized spacial score (nSPS) is 8.62. The van der Waals surface area contributed by atoms with E-state index in [0.29, 0.717) is 0 Å². The number of unbranched alkanes of at least 4 members (excludes halogenated alkanes) is 1. The van der Waals surface area contributed by atoms with Crippen molar-refractivity contribution in [2.75, 3.05) is 0 Å². The maximum Gasteiger partial charge on any atom is 4.00 e. The summed E-state index contributed by atoms with van der Waals surface area (Å²) in [4.78, 5) is 0. The molecule has 3 rings (SSSR count). The molecule has 0 aromatic heterocycles. The maximum atomic E-state index is 2.23. The molecule has 110 valence electrons. The first kappa shape index (κ1) is 22.9. The van der Waals surface area contributed by atoms with Gasteiger partial charge in [0.1, 0.15) is 0 Å². The van der Waals surface area contributed by atoms with Crippen molar-refractivity contribution in [3.8, 4) is 0 Å². The van der Waals surface area contributed by atoms with Crippen molar-refractivity contribution in [1.82, 2.24) is 0 Å². The van der Waals surface area contributed by atoms with Crippen LogP contribution >= 0.6 is 0 Å². The molecule has 0 aliphatic rings. The Labute approximate surface area is 159 Å². The van der Waals surface area contributed by atoms with Crippen LogP contribution < -0.4 is 24.8 Å². The van der Waals surface area contributed by atoms with Crippen molar-refractivity contribution in [2.45, 2.75) is 26.2 Å². The predicted octanol–water partition coefficient (Wildman–Crippen LogP) is -0.688. The largest absolute Gasteiger partial charge is 4.00 e. The molecule has 0 nitrogen and oxygen atoms in total. The summed E-state index contributed by atoms with van der Waals surface area (Å²) in [5.74, 6) is 0. The molecule has 0 fully saturated rings. The average molecular weight is 398 g/mol. The Balaban J connectivity index is 0. The molecule has 0 saturated heterocycles. The number of fused-ring (bicyclic) bond motifs is 1. The minimum atomic E-state index is 0. The third-order valence-electron chi connectivity index (χ3n) is 3.10. The van der Waals surface area contributed by atoms with Crippen molar-refractivity contribution < 1.29 is 51.0 Å². The Morgan fingerprint density at radius 1 is 0.952 bits per heavy atom. The topological polar surface area (TPSA) is 0 Å². The third-order valence-corrected chi connectivity index (χ3v) is 3.10. The molecule has 0 heterocycles. The van der Waals surface area contributed by atoms with Crippen LogP contribution in [0.15, 0.2) is 66.7 Å². The summed E-state index contributed by atoms with van der Waals surface area (Å²) in [7, 11) is 0. The second-order valence-corrected chi connectivity index (χ2v) is 4.55. The van der Waals surface area contributed by atoms with Gasteiger partial charge in [-0.15, -0.1) is 29.7 Å². The molecule has 3 aromatic rings. The van der Waals surface area contributed by atoms with Crippen LogP contribution in [0.1, 0.15) is 25.3 Å². The van der Waals surface area contributed by atoms with E-state index in [2.05, 4.69) is 73.7 Å². The van der Waals surface area contributed by atoms with E-state index in [1.165, 1.54) is 35.6 Å². The molecule has 0 aliphatic heterocycles. The Morgan fingerprint density at radius 3 is 2.33 bits per heavy atom. The summed E-state index contributed by atoms with van der Waals surface area (Å²) < 4.78 is 0. The monoisotopic (exact) mass is 396 g/mol. The average Bonchev–Trinajstić information content (AvgIpc) is 3.08. The van der Waals surface area contributed by atoms with Crippen molar-refractivity contribution >= 4 is 10.8 Å². The van der Waals surface area contributed by atoms with E-state index < -0.39 is 0 Å². The van der Waals surface area contributed by atoms with Gasteiger partial charge in [-0.05, 0) is 0 Å². The van der Waals surface area contributed by atoms with Crippen molar-refractivity contribution in [3.63, 3.8) is 0 Å². The summed E-state index contributed by atoms with van der Waals surface area (Å²) in [6.45, 7) is 2.23. The third kappa shape index (κ3) is 8.00. The standard InChI is InChI=1S/C9H7.C9H13.2ClH.Zr/c1-2-5-9-7-3-6-8(9)4-1;1-2-3-6-9-7-4-5-8-9;;;/h1-7H;4-5,7-8H,2-3,6H2,1H3;2*1H;/q2*-1;;;+4/p-2. The smallest absolute Gasteiger partial charge is 1.00 e. The Bertz CT molecular complexity index is 525. The minimum absolute atomic E-state index is 0. The van der Waals surface area contributed by atoms with Crippen LogP contribution in [0.2, 0.25) is 0 Å². The summed E-state index contributed by atoms with van der Waals surface area (Å²) in [6.07, 6.45) is 3.87.